The molecule has 0 aromatic carbocycles. The summed E-state index contributed by atoms with van der Waals surface area (Å²) in [6.07, 6.45) is -5.06. The SMILES string of the molecule is NC1=NC(=O)OC1CC(F)F. The highest BCUT2D eigenvalue weighted by molar-refractivity contribution is 5.98. The number of amides is 1. The van der Waals surface area contributed by atoms with Crippen LogP contribution in [0.4, 0.5) is 13.6 Å². The van der Waals surface area contributed by atoms with Crippen LogP contribution in [0.5, 0.6) is 0 Å². The molecule has 0 saturated heterocycles. The van der Waals surface area contributed by atoms with Crippen LogP contribution in [0.25, 0.3) is 0 Å². The molecule has 0 aromatic heterocycles. The average molecular weight is 164 g/mol. The Labute approximate surface area is 61.0 Å². The Bertz CT molecular complexity index is 205. The zero-order valence-corrected chi connectivity index (χ0v) is 5.46. The molecule has 11 heavy (non-hydrogen) atoms. The molecular formula is C5H6F2N2O2. The third kappa shape index (κ3) is 1.86. The van der Waals surface area contributed by atoms with Gasteiger partial charge in [-0.1, -0.05) is 0 Å². The van der Waals surface area contributed by atoms with Crippen molar-refractivity contribution in [1.29, 1.82) is 0 Å². The van der Waals surface area contributed by atoms with Crippen LogP contribution < -0.4 is 5.73 Å². The summed E-state index contributed by atoms with van der Waals surface area (Å²) in [6, 6.07) is 0. The molecule has 62 valence electrons. The summed E-state index contributed by atoms with van der Waals surface area (Å²) in [5.41, 5.74) is 5.09. The van der Waals surface area contributed by atoms with E-state index in [-0.39, 0.29) is 5.84 Å². The second kappa shape index (κ2) is 2.81. The highest BCUT2D eigenvalue weighted by atomic mass is 19.3. The van der Waals surface area contributed by atoms with Crippen LogP contribution in [-0.2, 0) is 4.74 Å². The van der Waals surface area contributed by atoms with E-state index in [2.05, 4.69) is 9.73 Å². The molecule has 0 bridgehead atoms. The third-order valence-electron chi connectivity index (χ3n) is 1.19. The minimum atomic E-state index is -2.54. The molecule has 0 aromatic rings. The van der Waals surface area contributed by atoms with Crippen LogP contribution in [0.2, 0.25) is 0 Å². The molecule has 0 fully saturated rings. The molecular weight excluding hydrogens is 158 g/mol. The first-order valence-electron chi connectivity index (χ1n) is 2.92. The van der Waals surface area contributed by atoms with Crippen LogP contribution in [-0.4, -0.2) is 24.5 Å². The topological polar surface area (TPSA) is 64.7 Å². The third-order valence-corrected chi connectivity index (χ3v) is 1.19. The second-order valence-electron chi connectivity index (χ2n) is 2.04. The molecule has 1 unspecified atom stereocenters. The van der Waals surface area contributed by atoms with Gasteiger partial charge in [0.05, 0.1) is 6.42 Å². The number of nitrogens with two attached hydrogens (primary N) is 1. The summed E-state index contributed by atoms with van der Waals surface area (Å²) >= 11 is 0. The number of carbonyl (C=O) groups is 1. The van der Waals surface area contributed by atoms with Gasteiger partial charge < -0.3 is 10.5 Å². The van der Waals surface area contributed by atoms with Crippen molar-refractivity contribution in [3.8, 4) is 0 Å². The molecule has 1 heterocycles. The second-order valence-corrected chi connectivity index (χ2v) is 2.04. The van der Waals surface area contributed by atoms with E-state index in [1.807, 2.05) is 0 Å². The molecule has 6 heteroatoms. The number of alkyl halides is 2. The van der Waals surface area contributed by atoms with Gasteiger partial charge in [-0.3, -0.25) is 0 Å². The number of aliphatic imine (C=N–C) groups is 1. The summed E-state index contributed by atoms with van der Waals surface area (Å²) in [7, 11) is 0. The van der Waals surface area contributed by atoms with Crippen molar-refractivity contribution in [2.45, 2.75) is 19.0 Å². The number of hydrogen-bond acceptors (Lipinski definition) is 3. The molecule has 1 amide bonds. The first-order valence-corrected chi connectivity index (χ1v) is 2.92. The van der Waals surface area contributed by atoms with Gasteiger partial charge in [0.25, 0.3) is 0 Å². The van der Waals surface area contributed by atoms with Gasteiger partial charge in [0.2, 0.25) is 6.43 Å². The maximum absolute atomic E-state index is 11.7. The smallest absolute Gasteiger partial charge is 0.436 e. The first kappa shape index (κ1) is 7.90. The Morgan fingerprint density at radius 2 is 2.36 bits per heavy atom. The maximum Gasteiger partial charge on any atom is 0.436 e. The number of hydrogen-bond donors (Lipinski definition) is 1. The zero-order valence-electron chi connectivity index (χ0n) is 5.46. The number of nitrogens with zero attached hydrogens (tertiary/aromatic N) is 1. The number of amidine groups is 1. The highest BCUT2D eigenvalue weighted by Gasteiger charge is 2.28. The fraction of sp³-hybridized carbons (Fsp3) is 0.600. The van der Waals surface area contributed by atoms with Crippen LogP contribution >= 0.6 is 0 Å². The Morgan fingerprint density at radius 3 is 2.73 bits per heavy atom. The monoisotopic (exact) mass is 164 g/mol. The number of cyclic esters (lactones) is 1. The lowest BCUT2D eigenvalue weighted by Gasteiger charge is -2.06. The van der Waals surface area contributed by atoms with Gasteiger partial charge in [0, 0.05) is 0 Å². The van der Waals surface area contributed by atoms with E-state index in [0.717, 1.165) is 0 Å². The van der Waals surface area contributed by atoms with Gasteiger partial charge in [0.1, 0.15) is 5.84 Å². The molecule has 1 aliphatic heterocycles. The fourth-order valence-corrected chi connectivity index (χ4v) is 0.717. The molecule has 0 aliphatic carbocycles. The minimum absolute atomic E-state index is 0.171. The average Bonchev–Trinajstić information content (AvgIpc) is 2.09. The maximum atomic E-state index is 11.7. The molecule has 1 aliphatic rings. The molecule has 0 radical (unpaired) electrons. The van der Waals surface area contributed by atoms with Crippen molar-refractivity contribution in [3.05, 3.63) is 0 Å². The van der Waals surface area contributed by atoms with E-state index in [1.165, 1.54) is 0 Å². The van der Waals surface area contributed by atoms with Crippen molar-refractivity contribution in [2.24, 2.45) is 10.7 Å². The van der Waals surface area contributed by atoms with Gasteiger partial charge in [0.15, 0.2) is 6.10 Å². The first-order chi connectivity index (χ1) is 5.09. The zero-order chi connectivity index (χ0) is 8.43. The van der Waals surface area contributed by atoms with Gasteiger partial charge >= 0.3 is 6.09 Å². The lowest BCUT2D eigenvalue weighted by Crippen LogP contribution is -2.28. The Kier molecular flexibility index (Phi) is 2.02. The minimum Gasteiger partial charge on any atom is -0.436 e. The normalized spacial score (nSPS) is 23.7. The van der Waals surface area contributed by atoms with Crippen LogP contribution in [0.3, 0.4) is 0 Å². The quantitative estimate of drug-likeness (QED) is 0.646. The van der Waals surface area contributed by atoms with E-state index in [4.69, 9.17) is 5.73 Å². The molecule has 1 atom stereocenters. The van der Waals surface area contributed by atoms with Crippen molar-refractivity contribution in [2.75, 3.05) is 0 Å². The van der Waals surface area contributed by atoms with Crippen LogP contribution in [0.1, 0.15) is 6.42 Å². The van der Waals surface area contributed by atoms with E-state index < -0.39 is 25.0 Å². The van der Waals surface area contributed by atoms with E-state index in [9.17, 15) is 13.6 Å². The predicted molar refractivity (Wildman–Crippen MR) is 32.5 cm³/mol. The summed E-state index contributed by atoms with van der Waals surface area (Å²) < 4.78 is 27.7. The molecule has 0 saturated carbocycles. The molecule has 4 nitrogen and oxygen atoms in total. The van der Waals surface area contributed by atoms with Crippen molar-refractivity contribution in [3.63, 3.8) is 0 Å². The number of carbonyl (C=O) groups excluding carboxylic acids is 1. The number of halogens is 2. The largest absolute Gasteiger partial charge is 0.436 e. The van der Waals surface area contributed by atoms with E-state index >= 15 is 0 Å². The van der Waals surface area contributed by atoms with Crippen molar-refractivity contribution >= 4 is 11.9 Å². The molecule has 0 spiro atoms. The Hall–Kier alpha value is -1.20. The summed E-state index contributed by atoms with van der Waals surface area (Å²) in [6.45, 7) is 0. The molecule has 1 rings (SSSR count). The fourth-order valence-electron chi connectivity index (χ4n) is 0.717. The van der Waals surface area contributed by atoms with Crippen LogP contribution in [0.15, 0.2) is 4.99 Å². The Morgan fingerprint density at radius 1 is 1.73 bits per heavy atom. The van der Waals surface area contributed by atoms with Gasteiger partial charge in [-0.25, -0.2) is 13.6 Å². The predicted octanol–water partition coefficient (Wildman–Crippen LogP) is 0.518. The lowest BCUT2D eigenvalue weighted by molar-refractivity contribution is 0.0790. The lowest BCUT2D eigenvalue weighted by atomic mass is 10.2. The highest BCUT2D eigenvalue weighted by Crippen LogP contribution is 2.13. The van der Waals surface area contributed by atoms with E-state index in [0.29, 0.717) is 0 Å². The van der Waals surface area contributed by atoms with Crippen LogP contribution in [0, 0.1) is 0 Å². The summed E-state index contributed by atoms with van der Waals surface area (Å²) in [5, 5.41) is 0. The van der Waals surface area contributed by atoms with E-state index in [1.54, 1.807) is 0 Å². The number of ether oxygens (including phenoxy) is 1. The Balaban J connectivity index is 2.50. The van der Waals surface area contributed by atoms with Crippen molar-refractivity contribution < 1.29 is 18.3 Å². The van der Waals surface area contributed by atoms with Gasteiger partial charge in [-0.15, -0.1) is 0 Å². The standard InChI is InChI=1S/C5H6F2N2O2/c6-3(7)1-2-4(8)9-5(10)11-2/h2-3H,1H2,(H2,8,9,10). The van der Waals surface area contributed by atoms with Gasteiger partial charge in [-0.05, 0) is 0 Å². The number of rotatable bonds is 2. The summed E-state index contributed by atoms with van der Waals surface area (Å²) in [5.74, 6) is -0.171. The van der Waals surface area contributed by atoms with Crippen molar-refractivity contribution in [1.82, 2.24) is 0 Å². The molecule has 2 N–H and O–H groups in total. The van der Waals surface area contributed by atoms with Gasteiger partial charge in [-0.2, -0.15) is 4.99 Å². The summed E-state index contributed by atoms with van der Waals surface area (Å²) in [4.78, 5) is 13.4.